The minimum absolute atomic E-state index is 0.161. The van der Waals surface area contributed by atoms with Crippen LogP contribution >= 0.6 is 0 Å². The average Bonchev–Trinajstić information content (AvgIpc) is 2.13. The van der Waals surface area contributed by atoms with Crippen molar-refractivity contribution in [1.82, 2.24) is 10.6 Å². The average molecular weight is 242 g/mol. The number of alkyl halides is 3. The van der Waals surface area contributed by atoms with E-state index in [-0.39, 0.29) is 6.42 Å². The topological polar surface area (TPSA) is 78.4 Å². The van der Waals surface area contributed by atoms with Gasteiger partial charge in [-0.1, -0.05) is 13.3 Å². The summed E-state index contributed by atoms with van der Waals surface area (Å²) >= 11 is 0. The summed E-state index contributed by atoms with van der Waals surface area (Å²) in [5.74, 6) is -1.27. The number of urea groups is 1. The molecule has 5 nitrogen and oxygen atoms in total. The molecular weight excluding hydrogens is 229 g/mol. The van der Waals surface area contributed by atoms with E-state index in [1.165, 1.54) is 5.32 Å². The van der Waals surface area contributed by atoms with Crippen LogP contribution < -0.4 is 10.6 Å². The second-order valence-corrected chi connectivity index (χ2v) is 3.12. The Morgan fingerprint density at radius 3 is 2.31 bits per heavy atom. The van der Waals surface area contributed by atoms with Gasteiger partial charge in [0.05, 0.1) is 0 Å². The molecule has 8 heteroatoms. The second kappa shape index (κ2) is 6.19. The predicted octanol–water partition coefficient (Wildman–Crippen LogP) is 1.10. The van der Waals surface area contributed by atoms with Crippen LogP contribution in [0.15, 0.2) is 0 Å². The zero-order chi connectivity index (χ0) is 12.8. The van der Waals surface area contributed by atoms with Crippen LogP contribution in [0.1, 0.15) is 19.8 Å². The standard InChI is InChI=1S/C8H13F3N2O3/c1-2-3-5(6(14)15)13-7(16)12-4-8(9,10)11/h5H,2-4H2,1H3,(H,14,15)(H2,12,13,16)/t5-/m0/s1. The molecule has 1 atom stereocenters. The van der Waals surface area contributed by atoms with Gasteiger partial charge < -0.3 is 15.7 Å². The fraction of sp³-hybridized carbons (Fsp3) is 0.750. The lowest BCUT2D eigenvalue weighted by Gasteiger charge is -2.14. The van der Waals surface area contributed by atoms with E-state index in [2.05, 4.69) is 0 Å². The number of aliphatic carboxylic acids is 1. The molecule has 0 saturated carbocycles. The van der Waals surface area contributed by atoms with Crippen LogP contribution in [0, 0.1) is 0 Å². The van der Waals surface area contributed by atoms with E-state index in [0.717, 1.165) is 0 Å². The van der Waals surface area contributed by atoms with Crippen molar-refractivity contribution in [1.29, 1.82) is 0 Å². The number of hydrogen-bond donors (Lipinski definition) is 3. The molecule has 2 amide bonds. The molecule has 16 heavy (non-hydrogen) atoms. The number of amides is 2. The van der Waals surface area contributed by atoms with Crippen molar-refractivity contribution in [3.8, 4) is 0 Å². The molecule has 0 rings (SSSR count). The van der Waals surface area contributed by atoms with Gasteiger partial charge in [0.1, 0.15) is 12.6 Å². The van der Waals surface area contributed by atoms with Gasteiger partial charge >= 0.3 is 18.2 Å². The summed E-state index contributed by atoms with van der Waals surface area (Å²) in [5.41, 5.74) is 0. The van der Waals surface area contributed by atoms with Gasteiger partial charge in [0.25, 0.3) is 0 Å². The number of carboxylic acids is 1. The summed E-state index contributed by atoms with van der Waals surface area (Å²) in [6.07, 6.45) is -3.86. The largest absolute Gasteiger partial charge is 0.480 e. The van der Waals surface area contributed by atoms with Gasteiger partial charge in [0.15, 0.2) is 0 Å². The van der Waals surface area contributed by atoms with E-state index < -0.39 is 30.8 Å². The van der Waals surface area contributed by atoms with Crippen LogP contribution in [0.25, 0.3) is 0 Å². The van der Waals surface area contributed by atoms with Crippen LogP contribution in [0.5, 0.6) is 0 Å². The molecule has 94 valence electrons. The lowest BCUT2D eigenvalue weighted by molar-refractivity contribution is -0.139. The van der Waals surface area contributed by atoms with Crippen molar-refractivity contribution < 1.29 is 27.9 Å². The van der Waals surface area contributed by atoms with Crippen LogP contribution in [0.2, 0.25) is 0 Å². The fourth-order valence-corrected chi connectivity index (χ4v) is 0.936. The number of rotatable bonds is 5. The first-order valence-corrected chi connectivity index (χ1v) is 4.60. The van der Waals surface area contributed by atoms with E-state index in [1.807, 2.05) is 5.32 Å². The minimum atomic E-state index is -4.51. The molecule has 0 spiro atoms. The summed E-state index contributed by atoms with van der Waals surface area (Å²) < 4.78 is 35.1. The highest BCUT2D eigenvalue weighted by Gasteiger charge is 2.28. The Labute approximate surface area is 90.0 Å². The number of carbonyl (C=O) groups is 2. The molecule has 0 aromatic heterocycles. The van der Waals surface area contributed by atoms with Gasteiger partial charge in [-0.3, -0.25) is 0 Å². The zero-order valence-corrected chi connectivity index (χ0v) is 8.60. The SMILES string of the molecule is CCC[C@H](NC(=O)NCC(F)(F)F)C(=O)O. The van der Waals surface area contributed by atoms with Crippen LogP contribution in [0.4, 0.5) is 18.0 Å². The summed E-state index contributed by atoms with van der Waals surface area (Å²) in [7, 11) is 0. The molecule has 3 N–H and O–H groups in total. The van der Waals surface area contributed by atoms with Gasteiger partial charge in [0, 0.05) is 0 Å². The van der Waals surface area contributed by atoms with E-state index in [9.17, 15) is 22.8 Å². The number of hydrogen-bond acceptors (Lipinski definition) is 2. The normalized spacial score (nSPS) is 13.0. The third kappa shape index (κ3) is 6.91. The van der Waals surface area contributed by atoms with Crippen molar-refractivity contribution in [3.05, 3.63) is 0 Å². The molecule has 0 aliphatic rings. The molecular formula is C8H13F3N2O3. The molecule has 0 saturated heterocycles. The van der Waals surface area contributed by atoms with Gasteiger partial charge in [0.2, 0.25) is 0 Å². The Morgan fingerprint density at radius 2 is 1.94 bits per heavy atom. The summed E-state index contributed by atoms with van der Waals surface area (Å²) in [5, 5.41) is 12.1. The van der Waals surface area contributed by atoms with E-state index >= 15 is 0 Å². The quantitative estimate of drug-likeness (QED) is 0.675. The first-order valence-electron chi connectivity index (χ1n) is 4.60. The maximum absolute atomic E-state index is 11.7. The molecule has 0 aliphatic carbocycles. The molecule has 0 heterocycles. The molecule has 0 bridgehead atoms. The molecule has 0 aromatic rings. The highest BCUT2D eigenvalue weighted by molar-refractivity contribution is 5.82. The molecule has 0 fully saturated rings. The lowest BCUT2D eigenvalue weighted by Crippen LogP contribution is -2.48. The van der Waals surface area contributed by atoms with Crippen LogP contribution in [-0.4, -0.2) is 35.9 Å². The van der Waals surface area contributed by atoms with Gasteiger partial charge in [-0.05, 0) is 6.42 Å². The number of carboxylic acid groups (broad SMARTS) is 1. The van der Waals surface area contributed by atoms with Crippen molar-refractivity contribution in [2.45, 2.75) is 32.0 Å². The summed E-state index contributed by atoms with van der Waals surface area (Å²) in [6.45, 7) is 0.211. The Bertz CT molecular complexity index is 255. The van der Waals surface area contributed by atoms with Crippen molar-refractivity contribution in [2.75, 3.05) is 6.54 Å². The summed E-state index contributed by atoms with van der Waals surface area (Å²) in [4.78, 5) is 21.5. The van der Waals surface area contributed by atoms with Crippen molar-refractivity contribution >= 4 is 12.0 Å². The third-order valence-electron chi connectivity index (χ3n) is 1.63. The minimum Gasteiger partial charge on any atom is -0.480 e. The Balaban J connectivity index is 4.05. The second-order valence-electron chi connectivity index (χ2n) is 3.12. The Kier molecular flexibility index (Phi) is 5.62. The molecule has 0 radical (unpaired) electrons. The van der Waals surface area contributed by atoms with Crippen LogP contribution in [-0.2, 0) is 4.79 Å². The van der Waals surface area contributed by atoms with Gasteiger partial charge in [-0.25, -0.2) is 9.59 Å². The fourth-order valence-electron chi connectivity index (χ4n) is 0.936. The number of nitrogens with one attached hydrogen (secondary N) is 2. The van der Waals surface area contributed by atoms with Crippen molar-refractivity contribution in [3.63, 3.8) is 0 Å². The number of halogens is 3. The van der Waals surface area contributed by atoms with Crippen LogP contribution in [0.3, 0.4) is 0 Å². The highest BCUT2D eigenvalue weighted by atomic mass is 19.4. The molecule has 0 aromatic carbocycles. The monoisotopic (exact) mass is 242 g/mol. The maximum Gasteiger partial charge on any atom is 0.405 e. The number of carbonyl (C=O) groups excluding carboxylic acids is 1. The first kappa shape index (κ1) is 14.5. The van der Waals surface area contributed by atoms with E-state index in [4.69, 9.17) is 5.11 Å². The Morgan fingerprint density at radius 1 is 1.38 bits per heavy atom. The third-order valence-corrected chi connectivity index (χ3v) is 1.63. The zero-order valence-electron chi connectivity index (χ0n) is 8.60. The summed E-state index contributed by atoms with van der Waals surface area (Å²) in [6, 6.07) is -2.31. The van der Waals surface area contributed by atoms with Gasteiger partial charge in [-0.2, -0.15) is 13.2 Å². The Hall–Kier alpha value is -1.47. The highest BCUT2D eigenvalue weighted by Crippen LogP contribution is 2.11. The molecule has 0 aliphatic heterocycles. The molecule has 0 unspecified atom stereocenters. The first-order chi connectivity index (χ1) is 7.26. The van der Waals surface area contributed by atoms with E-state index in [1.54, 1.807) is 6.92 Å². The predicted molar refractivity (Wildman–Crippen MR) is 48.9 cm³/mol. The lowest BCUT2D eigenvalue weighted by atomic mass is 10.2. The van der Waals surface area contributed by atoms with Gasteiger partial charge in [-0.15, -0.1) is 0 Å². The van der Waals surface area contributed by atoms with E-state index in [0.29, 0.717) is 6.42 Å². The maximum atomic E-state index is 11.7. The van der Waals surface area contributed by atoms with Crippen molar-refractivity contribution in [2.24, 2.45) is 0 Å². The smallest absolute Gasteiger partial charge is 0.405 e.